The Balaban J connectivity index is 1.01. The van der Waals surface area contributed by atoms with Crippen molar-refractivity contribution in [1.82, 2.24) is 4.90 Å². The van der Waals surface area contributed by atoms with Gasteiger partial charge in [0, 0.05) is 71.8 Å². The molecule has 0 unspecified atom stereocenters. The Morgan fingerprint density at radius 2 is 1.07 bits per heavy atom. The van der Waals surface area contributed by atoms with Gasteiger partial charge in [-0.25, -0.2) is 0 Å². The molecule has 1 saturated heterocycles. The fraction of sp³-hybridized carbons (Fsp3) is 0.312. The number of amides is 3. The van der Waals surface area contributed by atoms with Crippen molar-refractivity contribution in [2.45, 2.75) is 25.7 Å². The van der Waals surface area contributed by atoms with Crippen LogP contribution in [0.2, 0.25) is 0 Å². The van der Waals surface area contributed by atoms with Crippen LogP contribution in [0.15, 0.2) is 72.8 Å². The lowest BCUT2D eigenvalue weighted by molar-refractivity contribution is -0.132. The van der Waals surface area contributed by atoms with Crippen LogP contribution in [-0.2, 0) is 9.59 Å². The van der Waals surface area contributed by atoms with Crippen LogP contribution in [-0.4, -0.2) is 54.6 Å². The van der Waals surface area contributed by atoms with Gasteiger partial charge in [0.1, 0.15) is 0 Å². The number of nitrogens with zero attached hydrogens (tertiary/aromatic N) is 2. The summed E-state index contributed by atoms with van der Waals surface area (Å²) in [6.45, 7) is 3.05. The second kappa shape index (κ2) is 11.0. The largest absolute Gasteiger partial charge is 0.368 e. The van der Waals surface area contributed by atoms with Gasteiger partial charge in [-0.05, 0) is 98.5 Å². The maximum atomic E-state index is 12.9. The van der Waals surface area contributed by atoms with Crippen molar-refractivity contribution in [3.8, 4) is 0 Å². The van der Waals surface area contributed by atoms with Gasteiger partial charge >= 0.3 is 0 Å². The molecule has 0 aromatic heterocycles. The summed E-state index contributed by atoms with van der Waals surface area (Å²) in [5.74, 6) is 0.348. The van der Waals surface area contributed by atoms with Crippen LogP contribution in [0.3, 0.4) is 0 Å². The number of hydrogen-bond acceptors (Lipinski definition) is 5. The molecule has 2 saturated carbocycles. The van der Waals surface area contributed by atoms with Crippen LogP contribution < -0.4 is 15.5 Å². The van der Waals surface area contributed by atoms with Gasteiger partial charge in [-0.3, -0.25) is 19.2 Å². The molecule has 2 N–H and O–H groups in total. The molecule has 8 nitrogen and oxygen atoms in total. The zero-order valence-corrected chi connectivity index (χ0v) is 22.3. The number of benzene rings is 3. The Morgan fingerprint density at radius 1 is 0.575 bits per heavy atom. The lowest BCUT2D eigenvalue weighted by Crippen LogP contribution is -2.49. The minimum absolute atomic E-state index is 0.0313. The minimum atomic E-state index is -0.227. The average molecular weight is 537 g/mol. The lowest BCUT2D eigenvalue weighted by Gasteiger charge is -2.36. The van der Waals surface area contributed by atoms with Crippen molar-refractivity contribution >= 4 is 40.6 Å². The maximum Gasteiger partial charge on any atom is 0.255 e. The van der Waals surface area contributed by atoms with E-state index in [1.165, 1.54) is 0 Å². The molecule has 1 heterocycles. The Hall–Kier alpha value is -4.46. The first-order chi connectivity index (χ1) is 19.4. The van der Waals surface area contributed by atoms with Crippen molar-refractivity contribution < 1.29 is 19.2 Å². The van der Waals surface area contributed by atoms with Gasteiger partial charge < -0.3 is 20.4 Å². The molecule has 0 spiro atoms. The van der Waals surface area contributed by atoms with Gasteiger partial charge in [-0.2, -0.15) is 0 Å². The zero-order chi connectivity index (χ0) is 27.6. The number of nitrogens with one attached hydrogen (secondary N) is 2. The third-order valence-corrected chi connectivity index (χ3v) is 7.78. The third-order valence-electron chi connectivity index (χ3n) is 7.78. The predicted molar refractivity (Wildman–Crippen MR) is 154 cm³/mol. The van der Waals surface area contributed by atoms with Crippen LogP contribution in [0.4, 0.5) is 17.1 Å². The molecule has 3 amide bonds. The Morgan fingerprint density at radius 3 is 1.60 bits per heavy atom. The molecule has 40 heavy (non-hydrogen) atoms. The number of piperazine rings is 1. The van der Waals surface area contributed by atoms with Gasteiger partial charge in [-0.15, -0.1) is 0 Å². The molecular formula is C32H32N4O4. The molecule has 2 aliphatic carbocycles. The van der Waals surface area contributed by atoms with Gasteiger partial charge in [-0.1, -0.05) is 0 Å². The van der Waals surface area contributed by atoms with E-state index in [2.05, 4.69) is 15.5 Å². The molecule has 3 aromatic rings. The minimum Gasteiger partial charge on any atom is -0.368 e. The first-order valence-corrected chi connectivity index (χ1v) is 14.0. The quantitative estimate of drug-likeness (QED) is 0.411. The number of carbonyl (C=O) groups excluding carboxylic acids is 4. The third kappa shape index (κ3) is 5.91. The van der Waals surface area contributed by atoms with Crippen molar-refractivity contribution in [2.24, 2.45) is 11.8 Å². The van der Waals surface area contributed by atoms with E-state index < -0.39 is 0 Å². The van der Waals surface area contributed by atoms with Crippen LogP contribution in [0.25, 0.3) is 0 Å². The number of hydrogen-bond donors (Lipinski definition) is 2. The van der Waals surface area contributed by atoms with Gasteiger partial charge in [0.2, 0.25) is 11.8 Å². The van der Waals surface area contributed by atoms with Crippen molar-refractivity contribution in [3.05, 3.63) is 89.5 Å². The maximum absolute atomic E-state index is 12.9. The van der Waals surface area contributed by atoms with E-state index in [1.54, 1.807) is 60.7 Å². The van der Waals surface area contributed by atoms with E-state index in [4.69, 9.17) is 0 Å². The van der Waals surface area contributed by atoms with E-state index in [0.717, 1.165) is 57.5 Å². The first-order valence-electron chi connectivity index (χ1n) is 14.0. The summed E-state index contributed by atoms with van der Waals surface area (Å²) in [4.78, 5) is 54.1. The number of carbonyl (C=O) groups is 4. The van der Waals surface area contributed by atoms with Gasteiger partial charge in [0.15, 0.2) is 5.78 Å². The van der Waals surface area contributed by atoms with E-state index in [1.807, 2.05) is 17.0 Å². The molecule has 0 radical (unpaired) electrons. The molecule has 0 bridgehead atoms. The first kappa shape index (κ1) is 25.8. The summed E-state index contributed by atoms with van der Waals surface area (Å²) in [5.41, 5.74) is 3.90. The SMILES string of the molecule is O=C(Nc1ccc(C(=O)c2ccc(NC(=O)C3CC3)cc2)cc1)c1ccc(N2CCN(C(=O)C3CC3)CC2)cc1. The highest BCUT2D eigenvalue weighted by Crippen LogP contribution is 2.32. The summed E-state index contributed by atoms with van der Waals surface area (Å²) in [6, 6.07) is 21.2. The molecule has 3 aromatic carbocycles. The summed E-state index contributed by atoms with van der Waals surface area (Å²) < 4.78 is 0. The van der Waals surface area contributed by atoms with Crippen molar-refractivity contribution in [2.75, 3.05) is 41.7 Å². The standard InChI is InChI=1S/C32H32N4O4/c37-29(21-5-11-26(12-6-21)33-30(38)23-1-2-23)22-7-13-27(14-8-22)34-31(39)24-9-15-28(16-10-24)35-17-19-36(20-18-35)32(40)25-3-4-25/h5-16,23,25H,1-4,17-20H2,(H,33,38)(H,34,39). The van der Waals surface area contributed by atoms with Gasteiger partial charge in [0.05, 0.1) is 0 Å². The van der Waals surface area contributed by atoms with Crippen molar-refractivity contribution in [1.29, 1.82) is 0 Å². The van der Waals surface area contributed by atoms with Gasteiger partial charge in [0.25, 0.3) is 5.91 Å². The fourth-order valence-electron chi connectivity index (χ4n) is 4.97. The highest BCUT2D eigenvalue weighted by atomic mass is 16.2. The molecule has 204 valence electrons. The molecule has 6 rings (SSSR count). The van der Waals surface area contributed by atoms with Crippen molar-refractivity contribution in [3.63, 3.8) is 0 Å². The second-order valence-corrected chi connectivity index (χ2v) is 10.8. The summed E-state index contributed by atoms with van der Waals surface area (Å²) in [5, 5.41) is 5.76. The Bertz CT molecular complexity index is 1420. The molecular weight excluding hydrogens is 504 g/mol. The normalized spacial score (nSPS) is 16.8. The topological polar surface area (TPSA) is 98.8 Å². The predicted octanol–water partition coefficient (Wildman–Crippen LogP) is 4.58. The fourth-order valence-corrected chi connectivity index (χ4v) is 4.97. The molecule has 1 aliphatic heterocycles. The second-order valence-electron chi connectivity index (χ2n) is 10.8. The van der Waals surface area contributed by atoms with E-state index >= 15 is 0 Å². The Kier molecular flexibility index (Phi) is 7.07. The van der Waals surface area contributed by atoms with E-state index in [-0.39, 0.29) is 29.4 Å². The summed E-state index contributed by atoms with van der Waals surface area (Å²) in [6.07, 6.45) is 3.94. The molecule has 0 atom stereocenters. The highest BCUT2D eigenvalue weighted by Gasteiger charge is 2.34. The van der Waals surface area contributed by atoms with Crippen LogP contribution >= 0.6 is 0 Å². The van der Waals surface area contributed by atoms with Crippen LogP contribution in [0, 0.1) is 11.8 Å². The van der Waals surface area contributed by atoms with Crippen LogP contribution in [0.5, 0.6) is 0 Å². The average Bonchev–Trinajstić information content (AvgIpc) is 3.91. The number of ketones is 1. The smallest absolute Gasteiger partial charge is 0.255 e. The zero-order valence-electron chi connectivity index (χ0n) is 22.3. The lowest BCUT2D eigenvalue weighted by atomic mass is 10.0. The molecule has 3 aliphatic rings. The van der Waals surface area contributed by atoms with Crippen LogP contribution in [0.1, 0.15) is 52.0 Å². The van der Waals surface area contributed by atoms with E-state index in [0.29, 0.717) is 34.0 Å². The Labute approximate surface area is 233 Å². The summed E-state index contributed by atoms with van der Waals surface area (Å²) in [7, 11) is 0. The van der Waals surface area contributed by atoms with E-state index in [9.17, 15) is 19.2 Å². The molecule has 8 heteroatoms. The number of rotatable bonds is 8. The summed E-state index contributed by atoms with van der Waals surface area (Å²) >= 11 is 0. The monoisotopic (exact) mass is 536 g/mol. The highest BCUT2D eigenvalue weighted by molar-refractivity contribution is 6.10. The molecule has 3 fully saturated rings. The number of anilines is 3.